The number of rotatable bonds is 3. The van der Waals surface area contributed by atoms with Gasteiger partial charge in [0.05, 0.1) is 29.2 Å². The zero-order valence-electron chi connectivity index (χ0n) is 8.25. The fourth-order valence-electron chi connectivity index (χ4n) is 1.44. The molecule has 1 fully saturated rings. The van der Waals surface area contributed by atoms with Crippen molar-refractivity contribution >= 4 is 10.1 Å². The summed E-state index contributed by atoms with van der Waals surface area (Å²) in [4.78, 5) is -0.192. The summed E-state index contributed by atoms with van der Waals surface area (Å²) in [5.74, 6) is 0. The van der Waals surface area contributed by atoms with Crippen LogP contribution in [0.4, 0.5) is 0 Å². The summed E-state index contributed by atoms with van der Waals surface area (Å²) < 4.78 is 35.8. The van der Waals surface area contributed by atoms with Gasteiger partial charge in [0.15, 0.2) is 0 Å². The number of nitriles is 1. The first-order valence-corrected chi connectivity index (χ1v) is 6.07. The molecular formula is C10H9NO4S. The second-order valence-electron chi connectivity index (χ2n) is 3.57. The van der Waals surface area contributed by atoms with Crippen molar-refractivity contribution in [3.63, 3.8) is 0 Å². The summed E-state index contributed by atoms with van der Waals surface area (Å²) in [7, 11) is -4.22. The van der Waals surface area contributed by atoms with Crippen molar-refractivity contribution in [2.75, 3.05) is 6.61 Å². The van der Waals surface area contributed by atoms with E-state index < -0.39 is 10.1 Å². The van der Waals surface area contributed by atoms with Gasteiger partial charge in [-0.05, 0) is 23.8 Å². The summed E-state index contributed by atoms with van der Waals surface area (Å²) in [6.07, 6.45) is 0.551. The van der Waals surface area contributed by atoms with Crippen LogP contribution in [0.25, 0.3) is 0 Å². The molecule has 0 aromatic heterocycles. The van der Waals surface area contributed by atoms with E-state index in [0.29, 0.717) is 24.2 Å². The lowest BCUT2D eigenvalue weighted by atomic mass is 10.0. The molecule has 1 heterocycles. The van der Waals surface area contributed by atoms with Crippen LogP contribution in [0.1, 0.15) is 11.1 Å². The molecule has 16 heavy (non-hydrogen) atoms. The summed E-state index contributed by atoms with van der Waals surface area (Å²) >= 11 is 0. The molecule has 1 atom stereocenters. The third kappa shape index (κ3) is 2.39. The second kappa shape index (κ2) is 3.87. The van der Waals surface area contributed by atoms with Crippen LogP contribution in [0.2, 0.25) is 0 Å². The van der Waals surface area contributed by atoms with Crippen molar-refractivity contribution in [1.82, 2.24) is 0 Å². The van der Waals surface area contributed by atoms with E-state index in [1.807, 2.05) is 6.07 Å². The highest BCUT2D eigenvalue weighted by Crippen LogP contribution is 2.21. The van der Waals surface area contributed by atoms with Gasteiger partial charge in [-0.15, -0.1) is 0 Å². The van der Waals surface area contributed by atoms with E-state index in [2.05, 4.69) is 0 Å². The topological polar surface area (TPSA) is 90.7 Å². The monoisotopic (exact) mass is 239 g/mol. The van der Waals surface area contributed by atoms with Crippen LogP contribution in [0.5, 0.6) is 0 Å². The maximum Gasteiger partial charge on any atom is 0.294 e. The lowest BCUT2D eigenvalue weighted by molar-refractivity contribution is 0.407. The molecule has 6 heteroatoms. The average molecular weight is 239 g/mol. The summed E-state index contributed by atoms with van der Waals surface area (Å²) in [5.41, 5.74) is 0.989. The Morgan fingerprint density at radius 1 is 1.56 bits per heavy atom. The van der Waals surface area contributed by atoms with Crippen LogP contribution >= 0.6 is 0 Å². The van der Waals surface area contributed by atoms with Crippen LogP contribution < -0.4 is 0 Å². The first kappa shape index (κ1) is 11.1. The summed E-state index contributed by atoms with van der Waals surface area (Å²) in [5, 5.41) is 8.84. The second-order valence-corrected chi connectivity index (χ2v) is 4.99. The lowest BCUT2D eigenvalue weighted by Crippen LogP contribution is -2.02. The number of hydrogen-bond acceptors (Lipinski definition) is 4. The van der Waals surface area contributed by atoms with E-state index in [-0.39, 0.29) is 11.0 Å². The lowest BCUT2D eigenvalue weighted by Gasteiger charge is -2.04. The van der Waals surface area contributed by atoms with E-state index in [1.54, 1.807) is 0 Å². The van der Waals surface area contributed by atoms with Gasteiger partial charge in [0.25, 0.3) is 10.1 Å². The van der Waals surface area contributed by atoms with Gasteiger partial charge in [-0.3, -0.25) is 4.55 Å². The predicted octanol–water partition coefficient (Wildman–Crippen LogP) is 0.746. The molecular weight excluding hydrogens is 230 g/mol. The van der Waals surface area contributed by atoms with Gasteiger partial charge in [0, 0.05) is 6.42 Å². The highest BCUT2D eigenvalue weighted by molar-refractivity contribution is 7.85. The normalized spacial score (nSPS) is 19.1. The van der Waals surface area contributed by atoms with Crippen LogP contribution in [-0.4, -0.2) is 25.7 Å². The minimum Gasteiger partial charge on any atom is -0.373 e. The maximum absolute atomic E-state index is 10.9. The Balaban J connectivity index is 2.42. The highest BCUT2D eigenvalue weighted by atomic mass is 32.2. The molecule has 1 aliphatic rings. The van der Waals surface area contributed by atoms with Gasteiger partial charge >= 0.3 is 0 Å². The van der Waals surface area contributed by atoms with Gasteiger partial charge in [0.1, 0.15) is 0 Å². The molecule has 1 saturated heterocycles. The van der Waals surface area contributed by atoms with Gasteiger partial charge in [-0.2, -0.15) is 13.7 Å². The Labute approximate surface area is 93.0 Å². The van der Waals surface area contributed by atoms with Crippen molar-refractivity contribution in [2.45, 2.75) is 17.4 Å². The minimum absolute atomic E-state index is 0.0590. The standard InChI is InChI=1S/C10H9NO4S/c11-5-7-1-2-10(16(12,13)14)4-8(7)3-9-6-15-9/h1-2,4,9H,3,6H2,(H,12,13,14). The van der Waals surface area contributed by atoms with Crippen LogP contribution in [-0.2, 0) is 21.3 Å². The van der Waals surface area contributed by atoms with Crippen molar-refractivity contribution in [3.8, 4) is 6.07 Å². The van der Waals surface area contributed by atoms with E-state index >= 15 is 0 Å². The van der Waals surface area contributed by atoms with E-state index in [0.717, 1.165) is 0 Å². The minimum atomic E-state index is -4.22. The highest BCUT2D eigenvalue weighted by Gasteiger charge is 2.24. The third-order valence-corrected chi connectivity index (χ3v) is 3.19. The fourth-order valence-corrected chi connectivity index (χ4v) is 1.97. The van der Waals surface area contributed by atoms with Crippen molar-refractivity contribution in [2.24, 2.45) is 0 Å². The molecule has 1 aromatic carbocycles. The number of ether oxygens (including phenoxy) is 1. The molecule has 0 bridgehead atoms. The molecule has 0 amide bonds. The van der Waals surface area contributed by atoms with Gasteiger partial charge in [-0.1, -0.05) is 0 Å². The fraction of sp³-hybridized carbons (Fsp3) is 0.300. The molecule has 0 saturated carbocycles. The molecule has 1 N–H and O–H groups in total. The van der Waals surface area contributed by atoms with E-state index in [1.165, 1.54) is 18.2 Å². The van der Waals surface area contributed by atoms with E-state index in [9.17, 15) is 8.42 Å². The number of epoxide rings is 1. The number of hydrogen-bond donors (Lipinski definition) is 1. The molecule has 0 spiro atoms. The quantitative estimate of drug-likeness (QED) is 0.620. The summed E-state index contributed by atoms with van der Waals surface area (Å²) in [6.45, 7) is 0.626. The van der Waals surface area contributed by atoms with Crippen LogP contribution in [0.15, 0.2) is 23.1 Å². The Morgan fingerprint density at radius 2 is 2.25 bits per heavy atom. The molecule has 5 nitrogen and oxygen atoms in total. The van der Waals surface area contributed by atoms with Crippen LogP contribution in [0, 0.1) is 11.3 Å². The van der Waals surface area contributed by atoms with Crippen molar-refractivity contribution in [1.29, 1.82) is 5.26 Å². The third-order valence-electron chi connectivity index (χ3n) is 2.34. The Morgan fingerprint density at radius 3 is 2.75 bits per heavy atom. The molecule has 84 valence electrons. The molecule has 0 radical (unpaired) electrons. The largest absolute Gasteiger partial charge is 0.373 e. The van der Waals surface area contributed by atoms with Gasteiger partial charge in [0.2, 0.25) is 0 Å². The predicted molar refractivity (Wildman–Crippen MR) is 54.4 cm³/mol. The molecule has 1 aromatic rings. The molecule has 0 aliphatic carbocycles. The van der Waals surface area contributed by atoms with E-state index in [4.69, 9.17) is 14.6 Å². The average Bonchev–Trinajstić information content (AvgIpc) is 3.00. The Hall–Kier alpha value is -1.42. The molecule has 1 aliphatic heterocycles. The molecule has 1 unspecified atom stereocenters. The Bertz CT molecular complexity index is 555. The maximum atomic E-state index is 10.9. The number of nitrogens with zero attached hydrogens (tertiary/aromatic N) is 1. The molecule has 2 rings (SSSR count). The Kier molecular flexibility index (Phi) is 2.68. The van der Waals surface area contributed by atoms with Gasteiger partial charge in [-0.25, -0.2) is 0 Å². The van der Waals surface area contributed by atoms with Crippen LogP contribution in [0.3, 0.4) is 0 Å². The number of benzene rings is 1. The van der Waals surface area contributed by atoms with Crippen molar-refractivity contribution in [3.05, 3.63) is 29.3 Å². The van der Waals surface area contributed by atoms with Gasteiger partial charge < -0.3 is 4.74 Å². The first-order chi connectivity index (χ1) is 7.50. The zero-order valence-corrected chi connectivity index (χ0v) is 9.07. The smallest absolute Gasteiger partial charge is 0.294 e. The summed E-state index contributed by atoms with van der Waals surface area (Å²) in [6, 6.07) is 5.89. The zero-order chi connectivity index (χ0) is 11.8. The first-order valence-electron chi connectivity index (χ1n) is 4.63. The van der Waals surface area contributed by atoms with Crippen molar-refractivity contribution < 1.29 is 17.7 Å². The SMILES string of the molecule is N#Cc1ccc(S(=O)(=O)O)cc1CC1CO1.